The molecule has 3 rings (SSSR count). The van der Waals surface area contributed by atoms with Crippen LogP contribution >= 0.6 is 22.7 Å². The number of nitriles is 1. The second-order valence-electron chi connectivity index (χ2n) is 5.07. The molecule has 0 spiro atoms. The van der Waals surface area contributed by atoms with Crippen molar-refractivity contribution in [2.45, 2.75) is 13.3 Å². The first-order chi connectivity index (χ1) is 12.2. The first-order valence-electron chi connectivity index (χ1n) is 7.65. The van der Waals surface area contributed by atoms with Gasteiger partial charge in [0.2, 0.25) is 5.91 Å². The van der Waals surface area contributed by atoms with Crippen molar-refractivity contribution >= 4 is 33.6 Å². The summed E-state index contributed by atoms with van der Waals surface area (Å²) in [7, 11) is 0. The lowest BCUT2D eigenvalue weighted by Gasteiger charge is -2.07. The van der Waals surface area contributed by atoms with Crippen LogP contribution in [0.25, 0.3) is 10.6 Å². The minimum absolute atomic E-state index is 0.163. The molecule has 1 aromatic carbocycles. The molecule has 1 N–H and O–H groups in total. The van der Waals surface area contributed by atoms with Crippen molar-refractivity contribution in [1.29, 1.82) is 5.26 Å². The molecule has 0 radical (unpaired) electrons. The maximum absolute atomic E-state index is 12.2. The Morgan fingerprint density at radius 2 is 2.16 bits per heavy atom. The summed E-state index contributed by atoms with van der Waals surface area (Å²) >= 11 is 2.81. The molecule has 2 heterocycles. The number of rotatable bonds is 6. The number of nitrogens with zero attached hydrogens (tertiary/aromatic N) is 2. The Labute approximate surface area is 153 Å². The Bertz CT molecular complexity index is 924. The van der Waals surface area contributed by atoms with E-state index in [4.69, 9.17) is 10.00 Å². The first kappa shape index (κ1) is 17.1. The Morgan fingerprint density at radius 1 is 1.32 bits per heavy atom. The van der Waals surface area contributed by atoms with E-state index in [1.54, 1.807) is 11.4 Å². The highest BCUT2D eigenvalue weighted by atomic mass is 32.1. The van der Waals surface area contributed by atoms with Gasteiger partial charge in [-0.1, -0.05) is 12.1 Å². The predicted octanol–water partition coefficient (Wildman–Crippen LogP) is 4.32. The molecule has 7 heteroatoms. The number of aromatic nitrogens is 1. The van der Waals surface area contributed by atoms with Gasteiger partial charge >= 0.3 is 0 Å². The number of carbonyl (C=O) groups is 1. The molecule has 0 aliphatic rings. The zero-order valence-corrected chi connectivity index (χ0v) is 15.1. The van der Waals surface area contributed by atoms with Gasteiger partial charge in [0.1, 0.15) is 21.8 Å². The van der Waals surface area contributed by atoms with Crippen LogP contribution in [-0.2, 0) is 11.2 Å². The highest BCUT2D eigenvalue weighted by molar-refractivity contribution is 7.14. The fourth-order valence-corrected chi connectivity index (χ4v) is 3.87. The number of thiophene rings is 1. The maximum Gasteiger partial charge on any atom is 0.231 e. The zero-order valence-electron chi connectivity index (χ0n) is 13.5. The monoisotopic (exact) mass is 369 g/mol. The summed E-state index contributed by atoms with van der Waals surface area (Å²) in [5.74, 6) is 0.599. The summed E-state index contributed by atoms with van der Waals surface area (Å²) in [6, 6.07) is 11.5. The third-order valence-electron chi connectivity index (χ3n) is 3.35. The molecule has 126 valence electrons. The molecule has 1 amide bonds. The van der Waals surface area contributed by atoms with E-state index in [2.05, 4.69) is 16.4 Å². The summed E-state index contributed by atoms with van der Waals surface area (Å²) in [5, 5.41) is 16.8. The van der Waals surface area contributed by atoms with Gasteiger partial charge in [-0.25, -0.2) is 4.98 Å². The highest BCUT2D eigenvalue weighted by Gasteiger charge is 2.14. The number of carbonyl (C=O) groups excluding carboxylic acids is 1. The molecule has 0 aliphatic carbocycles. The van der Waals surface area contributed by atoms with Crippen molar-refractivity contribution in [3.8, 4) is 22.4 Å². The van der Waals surface area contributed by atoms with Crippen LogP contribution in [-0.4, -0.2) is 17.5 Å². The Morgan fingerprint density at radius 3 is 2.96 bits per heavy atom. The number of ether oxygens (including phenoxy) is 1. The van der Waals surface area contributed by atoms with Gasteiger partial charge in [-0.15, -0.1) is 22.7 Å². The number of benzene rings is 1. The minimum Gasteiger partial charge on any atom is -0.493 e. The highest BCUT2D eigenvalue weighted by Crippen LogP contribution is 2.32. The van der Waals surface area contributed by atoms with Gasteiger partial charge < -0.3 is 10.1 Å². The molecule has 0 fully saturated rings. The average molecular weight is 369 g/mol. The van der Waals surface area contributed by atoms with Crippen LogP contribution < -0.4 is 10.1 Å². The molecule has 5 nitrogen and oxygen atoms in total. The van der Waals surface area contributed by atoms with Gasteiger partial charge in [0, 0.05) is 5.38 Å². The standard InChI is InChI=1S/C18H15N3O2S2/c1-2-23-15-6-4-3-5-14(15)18-20-13(11-25-18)9-16(22)21-17-12(10-19)7-8-24-17/h3-8,11H,2,9H2,1H3,(H,21,22). The molecule has 0 saturated heterocycles. The van der Waals surface area contributed by atoms with Crippen LogP contribution in [0, 0.1) is 11.3 Å². The fraction of sp³-hybridized carbons (Fsp3) is 0.167. The van der Waals surface area contributed by atoms with E-state index in [1.165, 1.54) is 22.7 Å². The van der Waals surface area contributed by atoms with Crippen molar-refractivity contribution in [3.05, 3.63) is 52.3 Å². The molecule has 0 atom stereocenters. The Kier molecular flexibility index (Phi) is 5.43. The van der Waals surface area contributed by atoms with Crippen LogP contribution in [0.2, 0.25) is 0 Å². The van der Waals surface area contributed by atoms with E-state index in [9.17, 15) is 4.79 Å². The van der Waals surface area contributed by atoms with Crippen molar-refractivity contribution in [3.63, 3.8) is 0 Å². The van der Waals surface area contributed by atoms with Crippen LogP contribution in [0.15, 0.2) is 41.1 Å². The summed E-state index contributed by atoms with van der Waals surface area (Å²) < 4.78 is 5.64. The number of nitrogens with one attached hydrogen (secondary N) is 1. The molecule has 0 saturated carbocycles. The number of para-hydroxylation sites is 1. The van der Waals surface area contributed by atoms with Gasteiger partial charge in [-0.2, -0.15) is 5.26 Å². The largest absolute Gasteiger partial charge is 0.493 e. The second kappa shape index (κ2) is 7.92. The Hall–Kier alpha value is -2.69. The third kappa shape index (κ3) is 4.05. The van der Waals surface area contributed by atoms with Gasteiger partial charge in [0.25, 0.3) is 0 Å². The Balaban J connectivity index is 1.72. The number of hydrogen-bond acceptors (Lipinski definition) is 6. The summed E-state index contributed by atoms with van der Waals surface area (Å²) in [6.45, 7) is 2.52. The lowest BCUT2D eigenvalue weighted by atomic mass is 10.2. The predicted molar refractivity (Wildman–Crippen MR) is 100 cm³/mol. The van der Waals surface area contributed by atoms with Gasteiger partial charge in [0.05, 0.1) is 29.8 Å². The number of amides is 1. The smallest absolute Gasteiger partial charge is 0.231 e. The van der Waals surface area contributed by atoms with Crippen LogP contribution in [0.1, 0.15) is 18.2 Å². The summed E-state index contributed by atoms with van der Waals surface area (Å²) in [5.41, 5.74) is 2.09. The number of thiazole rings is 1. The topological polar surface area (TPSA) is 75.0 Å². The van der Waals surface area contributed by atoms with E-state index >= 15 is 0 Å². The normalized spacial score (nSPS) is 10.2. The molecular formula is C18H15N3O2S2. The molecular weight excluding hydrogens is 354 g/mol. The van der Waals surface area contributed by atoms with Crippen LogP contribution in [0.4, 0.5) is 5.00 Å². The second-order valence-corrected chi connectivity index (χ2v) is 6.85. The molecule has 0 bridgehead atoms. The lowest BCUT2D eigenvalue weighted by molar-refractivity contribution is -0.115. The fourth-order valence-electron chi connectivity index (χ4n) is 2.27. The minimum atomic E-state index is -0.186. The molecule has 3 aromatic rings. The van der Waals surface area contributed by atoms with E-state index in [1.807, 2.05) is 36.6 Å². The summed E-state index contributed by atoms with van der Waals surface area (Å²) in [6.07, 6.45) is 0.163. The van der Waals surface area contributed by atoms with Crippen molar-refractivity contribution in [2.75, 3.05) is 11.9 Å². The van der Waals surface area contributed by atoms with Crippen molar-refractivity contribution < 1.29 is 9.53 Å². The molecule has 0 aliphatic heterocycles. The lowest BCUT2D eigenvalue weighted by Crippen LogP contribution is -2.14. The maximum atomic E-state index is 12.2. The van der Waals surface area contributed by atoms with E-state index in [0.717, 1.165) is 16.3 Å². The van der Waals surface area contributed by atoms with E-state index < -0.39 is 0 Å². The zero-order chi connectivity index (χ0) is 17.6. The third-order valence-corrected chi connectivity index (χ3v) is 5.10. The molecule has 25 heavy (non-hydrogen) atoms. The van der Waals surface area contributed by atoms with Crippen LogP contribution in [0.3, 0.4) is 0 Å². The molecule has 2 aromatic heterocycles. The summed E-state index contributed by atoms with van der Waals surface area (Å²) in [4.78, 5) is 16.7. The SMILES string of the molecule is CCOc1ccccc1-c1nc(CC(=O)Nc2sccc2C#N)cs1. The number of hydrogen-bond donors (Lipinski definition) is 1. The number of anilines is 1. The van der Waals surface area contributed by atoms with Gasteiger partial charge in [-0.05, 0) is 30.5 Å². The van der Waals surface area contributed by atoms with E-state index in [0.29, 0.717) is 22.9 Å². The van der Waals surface area contributed by atoms with E-state index in [-0.39, 0.29) is 12.3 Å². The average Bonchev–Trinajstić information content (AvgIpc) is 3.25. The van der Waals surface area contributed by atoms with Crippen LogP contribution in [0.5, 0.6) is 5.75 Å². The van der Waals surface area contributed by atoms with Crippen molar-refractivity contribution in [1.82, 2.24) is 4.98 Å². The van der Waals surface area contributed by atoms with Gasteiger partial charge in [-0.3, -0.25) is 4.79 Å². The quantitative estimate of drug-likeness (QED) is 0.702. The molecule has 0 unspecified atom stereocenters. The van der Waals surface area contributed by atoms with Crippen molar-refractivity contribution in [2.24, 2.45) is 0 Å². The first-order valence-corrected chi connectivity index (χ1v) is 9.41. The van der Waals surface area contributed by atoms with Gasteiger partial charge in [0.15, 0.2) is 0 Å².